The molecule has 136 valence electrons. The Kier molecular flexibility index (Phi) is 4.21. The van der Waals surface area contributed by atoms with Crippen molar-refractivity contribution >= 4 is 44.8 Å². The Morgan fingerprint density at radius 1 is 1.04 bits per heavy atom. The molecule has 1 saturated heterocycles. The fraction of sp³-hybridized carbons (Fsp3) is 0.261. The fourth-order valence-corrected chi connectivity index (χ4v) is 5.10. The van der Waals surface area contributed by atoms with Crippen LogP contribution in [0.25, 0.3) is 16.2 Å². The van der Waals surface area contributed by atoms with E-state index in [0.29, 0.717) is 13.0 Å². The summed E-state index contributed by atoms with van der Waals surface area (Å²) in [5.74, 6) is 0.172. The van der Waals surface area contributed by atoms with Crippen LogP contribution in [-0.4, -0.2) is 25.5 Å². The molecular weight excluding hydrogens is 352 g/mol. The average molecular weight is 375 g/mol. The molecular formula is C23H22N2OS. The third-order valence-electron chi connectivity index (χ3n) is 5.58. The van der Waals surface area contributed by atoms with Crippen LogP contribution in [0.15, 0.2) is 53.9 Å². The monoisotopic (exact) mass is 374 g/mol. The molecule has 3 heterocycles. The first-order valence-corrected chi connectivity index (χ1v) is 10.5. The van der Waals surface area contributed by atoms with Crippen molar-refractivity contribution < 1.29 is 4.79 Å². The van der Waals surface area contributed by atoms with Crippen LogP contribution >= 0.6 is 11.3 Å². The largest absolute Gasteiger partial charge is 0.370 e. The van der Waals surface area contributed by atoms with Gasteiger partial charge in [0, 0.05) is 29.9 Å². The van der Waals surface area contributed by atoms with Crippen molar-refractivity contribution in [3.63, 3.8) is 0 Å². The molecule has 2 aliphatic heterocycles. The Labute approximate surface area is 163 Å². The first-order valence-electron chi connectivity index (χ1n) is 9.61. The van der Waals surface area contributed by atoms with Crippen molar-refractivity contribution in [2.75, 3.05) is 29.4 Å². The Hall–Kier alpha value is -2.59. The molecule has 0 N–H and O–H groups in total. The van der Waals surface area contributed by atoms with Crippen LogP contribution in [0.3, 0.4) is 0 Å². The molecule has 0 atom stereocenters. The number of benzene rings is 2. The molecule has 2 aliphatic rings. The summed E-state index contributed by atoms with van der Waals surface area (Å²) >= 11 is 1.73. The highest BCUT2D eigenvalue weighted by molar-refractivity contribution is 7.17. The smallest absolute Gasteiger partial charge is 0.231 e. The summed E-state index contributed by atoms with van der Waals surface area (Å²) in [5.41, 5.74) is 4.56. The van der Waals surface area contributed by atoms with E-state index in [2.05, 4.69) is 64.9 Å². The highest BCUT2D eigenvalue weighted by Gasteiger charge is 2.26. The van der Waals surface area contributed by atoms with Crippen molar-refractivity contribution in [1.82, 2.24) is 0 Å². The molecule has 0 unspecified atom stereocenters. The van der Waals surface area contributed by atoms with Crippen LogP contribution in [0.2, 0.25) is 0 Å². The minimum absolute atomic E-state index is 0.172. The summed E-state index contributed by atoms with van der Waals surface area (Å²) in [6.45, 7) is 2.81. The van der Waals surface area contributed by atoms with Gasteiger partial charge < -0.3 is 9.80 Å². The van der Waals surface area contributed by atoms with Crippen LogP contribution in [-0.2, 0) is 11.2 Å². The van der Waals surface area contributed by atoms with Gasteiger partial charge in [0.25, 0.3) is 0 Å². The highest BCUT2D eigenvalue weighted by atomic mass is 32.1. The SMILES string of the molecule is O=C(Cc1cccc2sccc12)N1CC=Cc2cccc(N3CCCC3)c21. The second-order valence-electron chi connectivity index (χ2n) is 7.24. The predicted octanol–water partition coefficient (Wildman–Crippen LogP) is 5.10. The Morgan fingerprint density at radius 3 is 2.78 bits per heavy atom. The van der Waals surface area contributed by atoms with E-state index < -0.39 is 0 Å². The van der Waals surface area contributed by atoms with Gasteiger partial charge in [-0.25, -0.2) is 0 Å². The summed E-state index contributed by atoms with van der Waals surface area (Å²) in [7, 11) is 0. The van der Waals surface area contributed by atoms with Gasteiger partial charge in [-0.1, -0.05) is 36.4 Å². The highest BCUT2D eigenvalue weighted by Crippen LogP contribution is 2.38. The first-order chi connectivity index (χ1) is 13.3. The summed E-state index contributed by atoms with van der Waals surface area (Å²) in [4.78, 5) is 17.7. The van der Waals surface area contributed by atoms with Crippen molar-refractivity contribution in [1.29, 1.82) is 0 Å². The van der Waals surface area contributed by atoms with E-state index in [9.17, 15) is 4.79 Å². The maximum absolute atomic E-state index is 13.3. The minimum Gasteiger partial charge on any atom is -0.370 e. The van der Waals surface area contributed by atoms with Crippen molar-refractivity contribution in [2.45, 2.75) is 19.3 Å². The van der Waals surface area contributed by atoms with Gasteiger partial charge in [-0.2, -0.15) is 0 Å². The van der Waals surface area contributed by atoms with E-state index in [1.165, 1.54) is 28.6 Å². The maximum Gasteiger partial charge on any atom is 0.231 e. The van der Waals surface area contributed by atoms with Gasteiger partial charge in [0.15, 0.2) is 0 Å². The van der Waals surface area contributed by atoms with Crippen molar-refractivity contribution in [2.24, 2.45) is 0 Å². The first kappa shape index (κ1) is 16.6. The fourth-order valence-electron chi connectivity index (χ4n) is 4.26. The summed E-state index contributed by atoms with van der Waals surface area (Å²) in [6.07, 6.45) is 7.15. The normalized spacial score (nSPS) is 16.1. The third kappa shape index (κ3) is 2.94. The van der Waals surface area contributed by atoms with E-state index in [1.807, 2.05) is 4.90 Å². The van der Waals surface area contributed by atoms with Crippen LogP contribution < -0.4 is 9.80 Å². The molecule has 5 rings (SSSR count). The average Bonchev–Trinajstić information content (AvgIpc) is 3.39. The third-order valence-corrected chi connectivity index (χ3v) is 6.46. The molecule has 2 aromatic carbocycles. The molecule has 1 aromatic heterocycles. The van der Waals surface area contributed by atoms with E-state index >= 15 is 0 Å². The van der Waals surface area contributed by atoms with Crippen LogP contribution in [0, 0.1) is 0 Å². The number of rotatable bonds is 3. The lowest BCUT2D eigenvalue weighted by atomic mass is 10.0. The topological polar surface area (TPSA) is 23.6 Å². The zero-order valence-electron chi connectivity index (χ0n) is 15.2. The molecule has 0 aliphatic carbocycles. The van der Waals surface area contributed by atoms with E-state index in [0.717, 1.165) is 29.9 Å². The standard InChI is InChI=1S/C23H22N2OS/c26-22(16-18-7-4-10-21-19(18)11-15-27-21)25-14-5-8-17-6-3-9-20(23(17)25)24-12-1-2-13-24/h3-11,15H,1-2,12-14,16H2. The number of amides is 1. The molecule has 0 saturated carbocycles. The lowest BCUT2D eigenvalue weighted by Crippen LogP contribution is -2.36. The van der Waals surface area contributed by atoms with Crippen LogP contribution in [0.4, 0.5) is 11.4 Å². The van der Waals surface area contributed by atoms with Gasteiger partial charge in [-0.3, -0.25) is 4.79 Å². The molecule has 27 heavy (non-hydrogen) atoms. The number of fused-ring (bicyclic) bond motifs is 2. The van der Waals surface area contributed by atoms with Crippen molar-refractivity contribution in [3.05, 3.63) is 65.0 Å². The lowest BCUT2D eigenvalue weighted by molar-refractivity contribution is -0.117. The summed E-state index contributed by atoms with van der Waals surface area (Å²) in [5, 5.41) is 3.31. The van der Waals surface area contributed by atoms with E-state index in [-0.39, 0.29) is 5.91 Å². The number of carbonyl (C=O) groups is 1. The number of thiophene rings is 1. The quantitative estimate of drug-likeness (QED) is 0.636. The summed E-state index contributed by atoms with van der Waals surface area (Å²) < 4.78 is 1.25. The molecule has 3 nitrogen and oxygen atoms in total. The second kappa shape index (κ2) is 6.86. The minimum atomic E-state index is 0.172. The second-order valence-corrected chi connectivity index (χ2v) is 8.19. The molecule has 1 fully saturated rings. The van der Waals surface area contributed by atoms with Crippen LogP contribution in [0.5, 0.6) is 0 Å². The van der Waals surface area contributed by atoms with E-state index in [1.54, 1.807) is 11.3 Å². The molecule has 3 aromatic rings. The van der Waals surface area contributed by atoms with Crippen LogP contribution in [0.1, 0.15) is 24.0 Å². The maximum atomic E-state index is 13.3. The molecule has 0 radical (unpaired) electrons. The van der Waals surface area contributed by atoms with Gasteiger partial charge in [-0.15, -0.1) is 11.3 Å². The lowest BCUT2D eigenvalue weighted by Gasteiger charge is -2.32. The zero-order chi connectivity index (χ0) is 18.2. The number of hydrogen-bond donors (Lipinski definition) is 0. The summed E-state index contributed by atoms with van der Waals surface area (Å²) in [6, 6.07) is 14.8. The van der Waals surface area contributed by atoms with E-state index in [4.69, 9.17) is 0 Å². The Morgan fingerprint density at radius 2 is 1.89 bits per heavy atom. The van der Waals surface area contributed by atoms with Gasteiger partial charge in [0.05, 0.1) is 17.8 Å². The Bertz CT molecular complexity index is 1030. The number of anilines is 2. The molecule has 1 amide bonds. The number of hydrogen-bond acceptors (Lipinski definition) is 3. The predicted molar refractivity (Wildman–Crippen MR) is 115 cm³/mol. The molecule has 4 heteroatoms. The van der Waals surface area contributed by atoms with Crippen molar-refractivity contribution in [3.8, 4) is 0 Å². The van der Waals surface area contributed by atoms with Gasteiger partial charge in [0.2, 0.25) is 5.91 Å². The number of nitrogens with zero attached hydrogens (tertiary/aromatic N) is 2. The Balaban J connectivity index is 1.50. The van der Waals surface area contributed by atoms with Gasteiger partial charge in [0.1, 0.15) is 0 Å². The molecule has 0 bridgehead atoms. The number of para-hydroxylation sites is 1. The number of carbonyl (C=O) groups excluding carboxylic acids is 1. The van der Waals surface area contributed by atoms with Gasteiger partial charge >= 0.3 is 0 Å². The molecule has 0 spiro atoms. The zero-order valence-corrected chi connectivity index (χ0v) is 16.0. The van der Waals surface area contributed by atoms with Gasteiger partial charge in [-0.05, 0) is 47.4 Å².